The van der Waals surface area contributed by atoms with Gasteiger partial charge in [-0.1, -0.05) is 44.2 Å². The van der Waals surface area contributed by atoms with Gasteiger partial charge in [-0.05, 0) is 23.8 Å². The number of hydrogen-bond acceptors (Lipinski definition) is 4. The third kappa shape index (κ3) is 3.74. The van der Waals surface area contributed by atoms with E-state index in [0.717, 1.165) is 26.3 Å². The van der Waals surface area contributed by atoms with Gasteiger partial charge in [0.25, 0.3) is 5.91 Å². The molecule has 2 aromatic carbocycles. The van der Waals surface area contributed by atoms with Crippen LogP contribution in [0.5, 0.6) is 5.75 Å². The maximum Gasteiger partial charge on any atom is 0.259 e. The first-order chi connectivity index (χ1) is 11.5. The topological polar surface area (TPSA) is 52.3 Å². The quantitative estimate of drug-likeness (QED) is 0.626. The van der Waals surface area contributed by atoms with Crippen molar-refractivity contribution in [1.82, 2.24) is 0 Å². The average molecular weight is 358 g/mol. The lowest BCUT2D eigenvalue weighted by molar-refractivity contribution is 0.100. The molecule has 0 bridgehead atoms. The molecule has 0 saturated heterocycles. The van der Waals surface area contributed by atoms with E-state index in [2.05, 4.69) is 13.8 Å². The van der Waals surface area contributed by atoms with Gasteiger partial charge in [-0.25, -0.2) is 0 Å². The summed E-state index contributed by atoms with van der Waals surface area (Å²) in [5.74, 6) is 0.428. The van der Waals surface area contributed by atoms with Crippen LogP contribution in [0.3, 0.4) is 0 Å². The maximum atomic E-state index is 11.8. The molecule has 0 spiro atoms. The molecule has 24 heavy (non-hydrogen) atoms. The summed E-state index contributed by atoms with van der Waals surface area (Å²) in [6.45, 7) is 4.73. The van der Waals surface area contributed by atoms with E-state index in [0.29, 0.717) is 16.7 Å². The van der Waals surface area contributed by atoms with E-state index in [4.69, 9.17) is 10.5 Å². The molecule has 3 rings (SSSR count). The molecule has 3 aromatic rings. The molecule has 0 aliphatic heterocycles. The fourth-order valence-corrected chi connectivity index (χ4v) is 4.64. The highest BCUT2D eigenvalue weighted by molar-refractivity contribution is 8.00. The molecule has 0 aliphatic rings. The van der Waals surface area contributed by atoms with Crippen LogP contribution in [0.25, 0.3) is 10.1 Å². The zero-order chi connectivity index (χ0) is 17.1. The lowest BCUT2D eigenvalue weighted by Gasteiger charge is -2.08. The summed E-state index contributed by atoms with van der Waals surface area (Å²) in [6.07, 6.45) is 0. The summed E-state index contributed by atoms with van der Waals surface area (Å²) >= 11 is 3.11. The minimum absolute atomic E-state index is 0.369. The summed E-state index contributed by atoms with van der Waals surface area (Å²) in [5.41, 5.74) is 6.68. The SMILES string of the molecule is CC(C)Sc1c(C(N)=O)sc2ccc(OCc3ccccc3)cc12. The number of hydrogen-bond donors (Lipinski definition) is 1. The molecule has 5 heteroatoms. The Balaban J connectivity index is 1.92. The van der Waals surface area contributed by atoms with E-state index in [9.17, 15) is 4.79 Å². The van der Waals surface area contributed by atoms with Crippen molar-refractivity contribution in [2.75, 3.05) is 0 Å². The predicted octanol–water partition coefficient (Wildman–Crippen LogP) is 5.08. The normalized spacial score (nSPS) is 11.1. The number of rotatable bonds is 6. The Kier molecular flexibility index (Phi) is 5.11. The second-order valence-corrected chi connectivity index (χ2v) is 8.36. The highest BCUT2D eigenvalue weighted by Crippen LogP contribution is 2.41. The summed E-state index contributed by atoms with van der Waals surface area (Å²) < 4.78 is 6.96. The first kappa shape index (κ1) is 16.9. The Hall–Kier alpha value is -1.98. The van der Waals surface area contributed by atoms with Crippen molar-refractivity contribution in [3.63, 3.8) is 0 Å². The van der Waals surface area contributed by atoms with Crippen molar-refractivity contribution < 1.29 is 9.53 Å². The van der Waals surface area contributed by atoms with Crippen LogP contribution < -0.4 is 10.5 Å². The molecule has 2 N–H and O–H groups in total. The summed E-state index contributed by atoms with van der Waals surface area (Å²) in [6, 6.07) is 16.0. The lowest BCUT2D eigenvalue weighted by atomic mass is 10.2. The largest absolute Gasteiger partial charge is 0.489 e. The Labute approximate surface area is 149 Å². The zero-order valence-corrected chi connectivity index (χ0v) is 15.2. The molecule has 1 aromatic heterocycles. The number of nitrogens with two attached hydrogens (primary N) is 1. The van der Waals surface area contributed by atoms with E-state index >= 15 is 0 Å². The van der Waals surface area contributed by atoms with Crippen LogP contribution in [0.15, 0.2) is 53.4 Å². The van der Waals surface area contributed by atoms with Crippen molar-refractivity contribution in [3.8, 4) is 5.75 Å². The molecule has 3 nitrogen and oxygen atoms in total. The summed E-state index contributed by atoms with van der Waals surface area (Å²) in [4.78, 5) is 13.3. The number of amides is 1. The Morgan fingerprint density at radius 2 is 1.96 bits per heavy atom. The molecular formula is C19H19NO2S2. The molecule has 0 atom stereocenters. The predicted molar refractivity (Wildman–Crippen MR) is 102 cm³/mol. The number of ether oxygens (including phenoxy) is 1. The van der Waals surface area contributed by atoms with Crippen molar-refractivity contribution in [3.05, 3.63) is 59.0 Å². The summed E-state index contributed by atoms with van der Waals surface area (Å²) in [7, 11) is 0. The van der Waals surface area contributed by atoms with Crippen molar-refractivity contribution in [1.29, 1.82) is 0 Å². The fourth-order valence-electron chi connectivity index (χ4n) is 2.40. The second kappa shape index (κ2) is 7.28. The van der Waals surface area contributed by atoms with E-state index in [1.54, 1.807) is 11.8 Å². The Morgan fingerprint density at radius 1 is 1.21 bits per heavy atom. The van der Waals surface area contributed by atoms with Gasteiger partial charge in [0.2, 0.25) is 0 Å². The summed E-state index contributed by atoms with van der Waals surface area (Å²) in [5, 5.41) is 1.41. The smallest absolute Gasteiger partial charge is 0.259 e. The standard InChI is InChI=1S/C19H19NO2S2/c1-12(2)23-17-15-10-14(22-11-13-6-4-3-5-7-13)8-9-16(15)24-18(17)19(20)21/h3-10,12H,11H2,1-2H3,(H2,20,21). The molecule has 0 saturated carbocycles. The molecule has 0 aliphatic carbocycles. The van der Waals surface area contributed by atoms with E-state index < -0.39 is 0 Å². The van der Waals surface area contributed by atoms with Crippen LogP contribution in [-0.4, -0.2) is 11.2 Å². The van der Waals surface area contributed by atoms with Gasteiger partial charge in [0.1, 0.15) is 17.2 Å². The van der Waals surface area contributed by atoms with Gasteiger partial charge in [0.05, 0.1) is 0 Å². The van der Waals surface area contributed by atoms with Crippen molar-refractivity contribution in [2.24, 2.45) is 5.73 Å². The van der Waals surface area contributed by atoms with Gasteiger partial charge in [-0.2, -0.15) is 0 Å². The fraction of sp³-hybridized carbons (Fsp3) is 0.211. The highest BCUT2D eigenvalue weighted by atomic mass is 32.2. The Morgan fingerprint density at radius 3 is 2.62 bits per heavy atom. The number of thiophene rings is 1. The van der Waals surface area contributed by atoms with E-state index in [1.807, 2.05) is 48.5 Å². The van der Waals surface area contributed by atoms with Crippen LogP contribution in [0.1, 0.15) is 29.1 Å². The third-order valence-corrected chi connectivity index (χ3v) is 5.89. The van der Waals surface area contributed by atoms with Crippen LogP contribution in [0, 0.1) is 0 Å². The molecule has 0 unspecified atom stereocenters. The zero-order valence-electron chi connectivity index (χ0n) is 13.6. The number of carbonyl (C=O) groups excluding carboxylic acids is 1. The van der Waals surface area contributed by atoms with Gasteiger partial charge >= 0.3 is 0 Å². The minimum Gasteiger partial charge on any atom is -0.489 e. The van der Waals surface area contributed by atoms with E-state index in [-0.39, 0.29) is 5.91 Å². The van der Waals surface area contributed by atoms with Gasteiger partial charge in [0, 0.05) is 20.2 Å². The molecule has 1 amide bonds. The van der Waals surface area contributed by atoms with Crippen LogP contribution in [0.4, 0.5) is 0 Å². The van der Waals surface area contributed by atoms with Crippen molar-refractivity contribution >= 4 is 39.1 Å². The number of primary amides is 1. The van der Waals surface area contributed by atoms with Gasteiger partial charge < -0.3 is 10.5 Å². The monoisotopic (exact) mass is 357 g/mol. The first-order valence-corrected chi connectivity index (χ1v) is 9.44. The number of fused-ring (bicyclic) bond motifs is 1. The number of thioether (sulfide) groups is 1. The third-order valence-electron chi connectivity index (χ3n) is 3.44. The second-order valence-electron chi connectivity index (χ2n) is 5.72. The molecule has 0 fully saturated rings. The molecular weight excluding hydrogens is 338 g/mol. The van der Waals surface area contributed by atoms with Crippen LogP contribution >= 0.6 is 23.1 Å². The average Bonchev–Trinajstić information content (AvgIpc) is 2.91. The van der Waals surface area contributed by atoms with Gasteiger partial charge in [0.15, 0.2) is 0 Å². The Bertz CT molecular complexity index is 856. The van der Waals surface area contributed by atoms with Crippen LogP contribution in [0.2, 0.25) is 0 Å². The minimum atomic E-state index is -0.369. The molecule has 124 valence electrons. The number of benzene rings is 2. The van der Waals surface area contributed by atoms with Gasteiger partial charge in [-0.3, -0.25) is 4.79 Å². The molecule has 0 radical (unpaired) electrons. The van der Waals surface area contributed by atoms with Crippen molar-refractivity contribution in [2.45, 2.75) is 30.6 Å². The van der Waals surface area contributed by atoms with Crippen LogP contribution in [-0.2, 0) is 6.61 Å². The van der Waals surface area contributed by atoms with E-state index in [1.165, 1.54) is 11.3 Å². The lowest BCUT2D eigenvalue weighted by Crippen LogP contribution is -2.10. The molecule has 1 heterocycles. The number of carbonyl (C=O) groups is 1. The first-order valence-electron chi connectivity index (χ1n) is 7.74. The highest BCUT2D eigenvalue weighted by Gasteiger charge is 2.18. The maximum absolute atomic E-state index is 11.8. The van der Waals surface area contributed by atoms with Gasteiger partial charge in [-0.15, -0.1) is 23.1 Å².